The average Bonchev–Trinajstić information content (AvgIpc) is 3.46. The van der Waals surface area contributed by atoms with Crippen LogP contribution in [0.4, 0.5) is 9.18 Å². The summed E-state index contributed by atoms with van der Waals surface area (Å²) in [5, 5.41) is 5.36. The standard InChI is InChI=1S/C41H40FN3O5/c1-27(43-41(48)50-26-37-35-9-5-3-7-33(35)34-8-4-6-10-36(34)37)38(40(47)49-2)44-39(46)31-19-17-29(18-20-31)12-11-28-13-15-30(16-14-28)25-45-23-21-32(42)22-24-45/h3-10,13-20,27,32,37-38H,21-26H2,1-2H3,(H,43,48)(H,44,46)/t27-,38+/m1/s1. The Hall–Kier alpha value is -5.46. The molecule has 9 heteroatoms. The molecule has 2 amide bonds. The van der Waals surface area contributed by atoms with Crippen molar-refractivity contribution in [2.75, 3.05) is 26.8 Å². The highest BCUT2D eigenvalue weighted by Gasteiger charge is 2.32. The Morgan fingerprint density at radius 3 is 1.96 bits per heavy atom. The van der Waals surface area contributed by atoms with Gasteiger partial charge in [0.1, 0.15) is 18.8 Å². The van der Waals surface area contributed by atoms with Gasteiger partial charge >= 0.3 is 12.1 Å². The molecule has 50 heavy (non-hydrogen) atoms. The van der Waals surface area contributed by atoms with Gasteiger partial charge in [0, 0.05) is 42.2 Å². The molecule has 0 saturated carbocycles. The number of fused-ring (bicyclic) bond motifs is 3. The third-order valence-electron chi connectivity index (χ3n) is 9.31. The first-order valence-electron chi connectivity index (χ1n) is 16.9. The lowest BCUT2D eigenvalue weighted by Gasteiger charge is -2.28. The molecule has 1 aliphatic carbocycles. The van der Waals surface area contributed by atoms with E-state index in [1.807, 2.05) is 60.7 Å². The molecule has 0 aromatic heterocycles. The number of nitrogens with one attached hydrogen (secondary N) is 2. The Balaban J connectivity index is 1.02. The van der Waals surface area contributed by atoms with E-state index in [4.69, 9.17) is 9.47 Å². The number of nitrogens with zero attached hydrogens (tertiary/aromatic N) is 1. The second-order valence-electron chi connectivity index (χ2n) is 12.7. The zero-order chi connectivity index (χ0) is 35.0. The van der Waals surface area contributed by atoms with Crippen molar-refractivity contribution in [2.45, 2.75) is 50.5 Å². The molecule has 2 N–H and O–H groups in total. The first kappa shape index (κ1) is 34.4. The number of amides is 2. The van der Waals surface area contributed by atoms with E-state index in [0.717, 1.165) is 58.6 Å². The summed E-state index contributed by atoms with van der Waals surface area (Å²) >= 11 is 0. The van der Waals surface area contributed by atoms with Crippen LogP contribution in [0, 0.1) is 11.8 Å². The van der Waals surface area contributed by atoms with Crippen molar-refractivity contribution in [3.63, 3.8) is 0 Å². The molecule has 0 bridgehead atoms. The number of methoxy groups -OCH3 is 1. The summed E-state index contributed by atoms with van der Waals surface area (Å²) in [6, 6.07) is 28.8. The van der Waals surface area contributed by atoms with E-state index in [0.29, 0.717) is 18.4 Å². The number of carbonyl (C=O) groups excluding carboxylic acids is 3. The number of carbonyl (C=O) groups is 3. The molecule has 2 aliphatic rings. The van der Waals surface area contributed by atoms with Crippen molar-refractivity contribution in [3.05, 3.63) is 130 Å². The van der Waals surface area contributed by atoms with Gasteiger partial charge in [0.2, 0.25) is 0 Å². The van der Waals surface area contributed by atoms with E-state index in [-0.39, 0.29) is 12.5 Å². The highest BCUT2D eigenvalue weighted by molar-refractivity contribution is 5.97. The van der Waals surface area contributed by atoms with E-state index in [2.05, 4.69) is 39.5 Å². The SMILES string of the molecule is COC(=O)[C@@H](NC(=O)c1ccc(C#Cc2ccc(CN3CCC(F)CC3)cc2)cc1)[C@@H](C)NC(=O)OCC1c2ccccc2-c2ccccc21. The van der Waals surface area contributed by atoms with E-state index in [1.165, 1.54) is 7.11 Å². The molecule has 0 unspecified atom stereocenters. The molecular weight excluding hydrogens is 633 g/mol. The third-order valence-corrected chi connectivity index (χ3v) is 9.31. The predicted octanol–water partition coefficient (Wildman–Crippen LogP) is 6.22. The fourth-order valence-electron chi connectivity index (χ4n) is 6.51. The monoisotopic (exact) mass is 673 g/mol. The molecule has 0 radical (unpaired) electrons. The van der Waals surface area contributed by atoms with E-state index >= 15 is 0 Å². The summed E-state index contributed by atoms with van der Waals surface area (Å²) in [4.78, 5) is 41.0. The van der Waals surface area contributed by atoms with Gasteiger partial charge in [-0.1, -0.05) is 72.5 Å². The van der Waals surface area contributed by atoms with Gasteiger partial charge < -0.3 is 20.1 Å². The number of alkyl carbamates (subject to hydrolysis) is 1. The van der Waals surface area contributed by atoms with Crippen LogP contribution in [-0.4, -0.2) is 67.9 Å². The molecule has 4 aromatic rings. The smallest absolute Gasteiger partial charge is 0.407 e. The van der Waals surface area contributed by atoms with Crippen LogP contribution < -0.4 is 10.6 Å². The second kappa shape index (κ2) is 15.8. The van der Waals surface area contributed by atoms with Gasteiger partial charge in [0.05, 0.1) is 13.2 Å². The largest absolute Gasteiger partial charge is 0.467 e. The number of ether oxygens (including phenoxy) is 2. The van der Waals surface area contributed by atoms with Crippen LogP contribution in [0.25, 0.3) is 11.1 Å². The zero-order valence-electron chi connectivity index (χ0n) is 28.2. The quantitative estimate of drug-likeness (QED) is 0.162. The van der Waals surface area contributed by atoms with Gasteiger partial charge in [0.25, 0.3) is 5.91 Å². The molecule has 256 valence electrons. The molecule has 2 atom stereocenters. The minimum Gasteiger partial charge on any atom is -0.467 e. The summed E-state index contributed by atoms with van der Waals surface area (Å²) < 4.78 is 24.0. The predicted molar refractivity (Wildman–Crippen MR) is 189 cm³/mol. The summed E-state index contributed by atoms with van der Waals surface area (Å²) in [7, 11) is 1.22. The maximum atomic E-state index is 13.4. The summed E-state index contributed by atoms with van der Waals surface area (Å²) in [5.74, 6) is 4.93. The van der Waals surface area contributed by atoms with Gasteiger partial charge in [-0.2, -0.15) is 0 Å². The van der Waals surface area contributed by atoms with Crippen molar-refractivity contribution in [2.24, 2.45) is 0 Å². The van der Waals surface area contributed by atoms with Gasteiger partial charge in [-0.25, -0.2) is 14.0 Å². The number of likely N-dealkylation sites (tertiary alicyclic amines) is 1. The number of alkyl halides is 1. The molecule has 8 nitrogen and oxygen atoms in total. The number of hydrogen-bond donors (Lipinski definition) is 2. The molecule has 1 aliphatic heterocycles. The Bertz CT molecular complexity index is 1850. The number of rotatable bonds is 9. The van der Waals surface area contributed by atoms with E-state index in [1.54, 1.807) is 31.2 Å². The number of halogens is 1. The molecule has 1 heterocycles. The lowest BCUT2D eigenvalue weighted by Crippen LogP contribution is -2.54. The van der Waals surface area contributed by atoms with Crippen LogP contribution in [0.3, 0.4) is 0 Å². The summed E-state index contributed by atoms with van der Waals surface area (Å²) in [5.41, 5.74) is 7.47. The lowest BCUT2D eigenvalue weighted by atomic mass is 9.98. The van der Waals surface area contributed by atoms with Crippen molar-refractivity contribution < 1.29 is 28.2 Å². The van der Waals surface area contributed by atoms with Crippen LogP contribution in [0.15, 0.2) is 97.1 Å². The van der Waals surface area contributed by atoms with Gasteiger partial charge in [-0.15, -0.1) is 0 Å². The van der Waals surface area contributed by atoms with Crippen molar-refractivity contribution in [1.29, 1.82) is 0 Å². The minimum absolute atomic E-state index is 0.115. The first-order chi connectivity index (χ1) is 24.3. The fraction of sp³-hybridized carbons (Fsp3) is 0.293. The molecule has 1 saturated heterocycles. The fourth-order valence-corrected chi connectivity index (χ4v) is 6.51. The Labute approximate surface area is 292 Å². The van der Waals surface area contributed by atoms with Crippen LogP contribution in [-0.2, 0) is 20.8 Å². The summed E-state index contributed by atoms with van der Waals surface area (Å²) in [6.45, 7) is 4.06. The van der Waals surface area contributed by atoms with Crippen molar-refractivity contribution >= 4 is 18.0 Å². The zero-order valence-corrected chi connectivity index (χ0v) is 28.2. The first-order valence-corrected chi connectivity index (χ1v) is 16.9. The second-order valence-corrected chi connectivity index (χ2v) is 12.7. The highest BCUT2D eigenvalue weighted by atomic mass is 19.1. The minimum atomic E-state index is -1.16. The van der Waals surface area contributed by atoms with E-state index < -0.39 is 36.2 Å². The van der Waals surface area contributed by atoms with E-state index in [9.17, 15) is 18.8 Å². The molecule has 4 aromatic carbocycles. The van der Waals surface area contributed by atoms with Crippen molar-refractivity contribution in [3.8, 4) is 23.0 Å². The van der Waals surface area contributed by atoms with Gasteiger partial charge in [0.15, 0.2) is 0 Å². The summed E-state index contributed by atoms with van der Waals surface area (Å²) in [6.07, 6.45) is -0.205. The normalized spacial score (nSPS) is 15.4. The molecular formula is C41H40FN3O5. The van der Waals surface area contributed by atoms with Gasteiger partial charge in [-0.05, 0) is 84.0 Å². The van der Waals surface area contributed by atoms with Gasteiger partial charge in [-0.3, -0.25) is 9.69 Å². The molecule has 0 spiro atoms. The topological polar surface area (TPSA) is 97.0 Å². The molecule has 1 fully saturated rings. The molecule has 6 rings (SSSR count). The number of benzene rings is 4. The highest BCUT2D eigenvalue weighted by Crippen LogP contribution is 2.44. The number of esters is 1. The maximum absolute atomic E-state index is 13.4. The maximum Gasteiger partial charge on any atom is 0.407 e. The average molecular weight is 674 g/mol. The Morgan fingerprint density at radius 1 is 0.820 bits per heavy atom. The number of hydrogen-bond acceptors (Lipinski definition) is 6. The number of piperidine rings is 1. The Morgan fingerprint density at radius 2 is 1.38 bits per heavy atom. The van der Waals surface area contributed by atoms with Crippen LogP contribution >= 0.6 is 0 Å². The lowest BCUT2D eigenvalue weighted by molar-refractivity contribution is -0.143. The Kier molecular flexibility index (Phi) is 10.9. The van der Waals surface area contributed by atoms with Crippen LogP contribution in [0.5, 0.6) is 0 Å². The van der Waals surface area contributed by atoms with Crippen LogP contribution in [0.1, 0.15) is 63.9 Å². The van der Waals surface area contributed by atoms with Crippen molar-refractivity contribution in [1.82, 2.24) is 15.5 Å². The third kappa shape index (κ3) is 8.21. The van der Waals surface area contributed by atoms with Crippen LogP contribution in [0.2, 0.25) is 0 Å².